The predicted molar refractivity (Wildman–Crippen MR) is 70.7 cm³/mol. The van der Waals surface area contributed by atoms with E-state index in [1.807, 2.05) is 6.07 Å². The van der Waals surface area contributed by atoms with Gasteiger partial charge in [-0.2, -0.15) is 0 Å². The minimum absolute atomic E-state index is 1.04. The van der Waals surface area contributed by atoms with Crippen LogP contribution in [0.2, 0.25) is 0 Å². The average molecular weight is 227 g/mol. The van der Waals surface area contributed by atoms with Crippen molar-refractivity contribution in [2.45, 2.75) is 19.8 Å². The second-order valence-corrected chi connectivity index (χ2v) is 4.07. The zero-order chi connectivity index (χ0) is 11.9. The summed E-state index contributed by atoms with van der Waals surface area (Å²) in [4.78, 5) is 0. The van der Waals surface area contributed by atoms with Crippen LogP contribution in [0.25, 0.3) is 0 Å². The Hall–Kier alpha value is -1.83. The zero-order valence-corrected chi connectivity index (χ0v) is 10.3. The van der Waals surface area contributed by atoms with Gasteiger partial charge in [0, 0.05) is 12.1 Å². The van der Waals surface area contributed by atoms with E-state index >= 15 is 0 Å². The molecule has 2 rings (SSSR count). The Bertz CT molecular complexity index is 386. The number of anilines is 1. The molecule has 0 atom stereocenters. The topological polar surface area (TPSA) is 7.12 Å². The van der Waals surface area contributed by atoms with Crippen LogP contribution in [0.3, 0.4) is 0 Å². The molecule has 0 aliphatic heterocycles. The Morgan fingerprint density at radius 3 is 2.24 bits per heavy atom. The van der Waals surface area contributed by atoms with Gasteiger partial charge in [-0.05, 0) is 18.6 Å². The molecule has 88 valence electrons. The first-order valence-electron chi connectivity index (χ1n) is 6.21. The molecule has 2 heteroatoms. The summed E-state index contributed by atoms with van der Waals surface area (Å²) in [5, 5.41) is 2.30. The van der Waals surface area contributed by atoms with Crippen molar-refractivity contribution in [1.82, 2.24) is 0 Å². The number of para-hydroxylation sites is 1. The molecule has 0 saturated carbocycles. The number of aromatic nitrogens is 1. The van der Waals surface area contributed by atoms with Gasteiger partial charge in [0.1, 0.15) is 0 Å². The van der Waals surface area contributed by atoms with Crippen molar-refractivity contribution in [3.63, 3.8) is 0 Å². The molecule has 1 aromatic heterocycles. The molecule has 0 bridgehead atoms. The lowest BCUT2D eigenvalue weighted by Crippen LogP contribution is -2.54. The van der Waals surface area contributed by atoms with E-state index in [0.717, 1.165) is 6.54 Å². The first-order valence-corrected chi connectivity index (χ1v) is 6.21. The molecule has 17 heavy (non-hydrogen) atoms. The third-order valence-corrected chi connectivity index (χ3v) is 2.76. The van der Waals surface area contributed by atoms with E-state index in [-0.39, 0.29) is 0 Å². The lowest BCUT2D eigenvalue weighted by Gasteiger charge is -2.17. The maximum Gasteiger partial charge on any atom is 0.200 e. The summed E-state index contributed by atoms with van der Waals surface area (Å²) < 4.78 is 2.14. The van der Waals surface area contributed by atoms with Crippen molar-refractivity contribution < 1.29 is 4.68 Å². The highest BCUT2D eigenvalue weighted by molar-refractivity contribution is 5.42. The van der Waals surface area contributed by atoms with Gasteiger partial charge in [-0.1, -0.05) is 42.3 Å². The Kier molecular flexibility index (Phi) is 4.14. The Labute approximate surface area is 103 Å². The molecule has 0 fully saturated rings. The molecule has 0 aliphatic carbocycles. The second-order valence-electron chi connectivity index (χ2n) is 4.07. The summed E-state index contributed by atoms with van der Waals surface area (Å²) >= 11 is 0. The summed E-state index contributed by atoms with van der Waals surface area (Å²) in [6, 6.07) is 16.7. The molecule has 1 aromatic carbocycles. The molecule has 2 nitrogen and oxygen atoms in total. The predicted octanol–water partition coefficient (Wildman–Crippen LogP) is 3.04. The molecule has 2 aromatic rings. The van der Waals surface area contributed by atoms with Crippen LogP contribution in [0.5, 0.6) is 0 Å². The third kappa shape index (κ3) is 3.06. The van der Waals surface area contributed by atoms with Crippen LogP contribution in [0, 0.1) is 0 Å². The van der Waals surface area contributed by atoms with Crippen LogP contribution >= 0.6 is 0 Å². The standard InChI is InChI=1S/C15H19N2/c1-2-3-14-17(15-10-6-4-7-11-15)16-12-8-5-9-13-16/h4-13H,2-3,14H2,1H3/q+1. The van der Waals surface area contributed by atoms with E-state index in [1.54, 1.807) is 0 Å². The lowest BCUT2D eigenvalue weighted by atomic mass is 10.3. The van der Waals surface area contributed by atoms with Crippen LogP contribution in [0.4, 0.5) is 5.69 Å². The van der Waals surface area contributed by atoms with Crippen molar-refractivity contribution in [2.24, 2.45) is 0 Å². The molecule has 0 unspecified atom stereocenters. The van der Waals surface area contributed by atoms with Crippen LogP contribution in [0.15, 0.2) is 60.9 Å². The molecule has 0 amide bonds. The van der Waals surface area contributed by atoms with E-state index in [9.17, 15) is 0 Å². The molecule has 1 heterocycles. The zero-order valence-electron chi connectivity index (χ0n) is 10.3. The quantitative estimate of drug-likeness (QED) is 0.712. The molecule has 0 radical (unpaired) electrons. The van der Waals surface area contributed by atoms with Crippen LogP contribution in [0.1, 0.15) is 19.8 Å². The fourth-order valence-electron chi connectivity index (χ4n) is 1.84. The summed E-state index contributed by atoms with van der Waals surface area (Å²) in [6.07, 6.45) is 6.57. The highest BCUT2D eigenvalue weighted by Gasteiger charge is 2.13. The number of hydrogen-bond acceptors (Lipinski definition) is 1. The minimum atomic E-state index is 1.04. The minimum Gasteiger partial charge on any atom is -0.149 e. The number of benzene rings is 1. The Balaban J connectivity index is 2.26. The van der Waals surface area contributed by atoms with Gasteiger partial charge >= 0.3 is 0 Å². The molecular formula is C15H19N2+. The van der Waals surface area contributed by atoms with Gasteiger partial charge in [-0.25, -0.2) is 0 Å². The van der Waals surface area contributed by atoms with Crippen LogP contribution in [-0.2, 0) is 0 Å². The van der Waals surface area contributed by atoms with E-state index in [4.69, 9.17) is 0 Å². The highest BCUT2D eigenvalue weighted by atomic mass is 15.5. The summed E-state index contributed by atoms with van der Waals surface area (Å²) in [6.45, 7) is 3.26. The first-order chi connectivity index (χ1) is 8.42. The molecular weight excluding hydrogens is 208 g/mol. The largest absolute Gasteiger partial charge is 0.200 e. The fourth-order valence-corrected chi connectivity index (χ4v) is 1.84. The van der Waals surface area contributed by atoms with E-state index in [1.165, 1.54) is 18.5 Å². The number of unbranched alkanes of at least 4 members (excludes halogenated alkanes) is 1. The van der Waals surface area contributed by atoms with Gasteiger partial charge in [0.2, 0.25) is 0 Å². The molecule has 0 aliphatic rings. The summed E-state index contributed by atoms with van der Waals surface area (Å²) in [7, 11) is 0. The van der Waals surface area contributed by atoms with Gasteiger partial charge in [0.25, 0.3) is 0 Å². The third-order valence-electron chi connectivity index (χ3n) is 2.76. The van der Waals surface area contributed by atoms with Crippen LogP contribution < -0.4 is 9.69 Å². The maximum absolute atomic E-state index is 2.30. The van der Waals surface area contributed by atoms with E-state index in [0.29, 0.717) is 0 Å². The van der Waals surface area contributed by atoms with Crippen molar-refractivity contribution in [3.8, 4) is 0 Å². The smallest absolute Gasteiger partial charge is 0.149 e. The normalized spacial score (nSPS) is 10.2. The average Bonchev–Trinajstić information content (AvgIpc) is 2.42. The lowest BCUT2D eigenvalue weighted by molar-refractivity contribution is -0.684. The van der Waals surface area contributed by atoms with Gasteiger partial charge in [-0.15, -0.1) is 5.01 Å². The molecule has 0 spiro atoms. The molecule has 0 N–H and O–H groups in total. The number of pyridine rings is 1. The second kappa shape index (κ2) is 6.04. The maximum atomic E-state index is 2.30. The summed E-state index contributed by atoms with van der Waals surface area (Å²) in [5.41, 5.74) is 1.23. The van der Waals surface area contributed by atoms with E-state index < -0.39 is 0 Å². The van der Waals surface area contributed by atoms with Crippen molar-refractivity contribution in [3.05, 3.63) is 60.9 Å². The van der Waals surface area contributed by atoms with Gasteiger partial charge in [0.05, 0.1) is 12.2 Å². The van der Waals surface area contributed by atoms with Crippen molar-refractivity contribution in [2.75, 3.05) is 11.6 Å². The van der Waals surface area contributed by atoms with E-state index in [2.05, 4.69) is 71.5 Å². The van der Waals surface area contributed by atoms with Gasteiger partial charge < -0.3 is 0 Å². The SMILES string of the molecule is CCCCN(c1ccccc1)[n+]1ccccc1. The van der Waals surface area contributed by atoms with Crippen molar-refractivity contribution >= 4 is 5.69 Å². The van der Waals surface area contributed by atoms with Gasteiger partial charge in [0.15, 0.2) is 12.4 Å². The Morgan fingerprint density at radius 1 is 0.941 bits per heavy atom. The number of nitrogens with zero attached hydrogens (tertiary/aromatic N) is 2. The fraction of sp³-hybridized carbons (Fsp3) is 0.267. The monoisotopic (exact) mass is 227 g/mol. The number of hydrogen-bond donors (Lipinski definition) is 0. The number of rotatable bonds is 5. The molecule has 0 saturated heterocycles. The summed E-state index contributed by atoms with van der Waals surface area (Å²) in [5.74, 6) is 0. The van der Waals surface area contributed by atoms with Crippen molar-refractivity contribution in [1.29, 1.82) is 0 Å². The van der Waals surface area contributed by atoms with Crippen LogP contribution in [-0.4, -0.2) is 6.54 Å². The Morgan fingerprint density at radius 2 is 1.59 bits per heavy atom. The first kappa shape index (κ1) is 11.6. The highest BCUT2D eigenvalue weighted by Crippen LogP contribution is 2.11. The van der Waals surface area contributed by atoms with Gasteiger partial charge in [-0.3, -0.25) is 0 Å².